The maximum absolute atomic E-state index is 14.5. The van der Waals surface area contributed by atoms with Crippen molar-refractivity contribution in [3.8, 4) is 11.3 Å². The quantitative estimate of drug-likeness (QED) is 0.207. The molecule has 0 aliphatic heterocycles. The number of rotatable bonds is 5. The molecule has 192 valence electrons. The van der Waals surface area contributed by atoms with Gasteiger partial charge in [0.15, 0.2) is 5.16 Å². The van der Waals surface area contributed by atoms with Gasteiger partial charge in [0.1, 0.15) is 5.76 Å². The Bertz CT molecular complexity index is 1680. The highest BCUT2D eigenvalue weighted by Crippen LogP contribution is 2.49. The molecule has 6 nitrogen and oxygen atoms in total. The van der Waals surface area contributed by atoms with Crippen molar-refractivity contribution in [1.29, 1.82) is 0 Å². The Morgan fingerprint density at radius 3 is 2.58 bits per heavy atom. The normalized spacial score (nSPS) is 16.0. The van der Waals surface area contributed by atoms with Crippen molar-refractivity contribution < 1.29 is 4.42 Å². The van der Waals surface area contributed by atoms with E-state index in [0.717, 1.165) is 70.1 Å². The van der Waals surface area contributed by atoms with Crippen molar-refractivity contribution in [3.05, 3.63) is 104 Å². The van der Waals surface area contributed by atoms with Crippen LogP contribution in [0.5, 0.6) is 0 Å². The molecule has 38 heavy (non-hydrogen) atoms. The molecule has 8 heteroatoms. The van der Waals surface area contributed by atoms with Crippen LogP contribution in [0.15, 0.2) is 85.8 Å². The van der Waals surface area contributed by atoms with Gasteiger partial charge in [-0.1, -0.05) is 83.4 Å². The number of hydrogen-bond donors (Lipinski definition) is 0. The van der Waals surface area contributed by atoms with Gasteiger partial charge in [-0.2, -0.15) is 0 Å². The zero-order valence-corrected chi connectivity index (χ0v) is 23.3. The summed E-state index contributed by atoms with van der Waals surface area (Å²) in [4.78, 5) is 14.5. The van der Waals surface area contributed by atoms with Gasteiger partial charge in [0.2, 0.25) is 5.78 Å². The minimum absolute atomic E-state index is 0.0390. The molecular weight excluding hydrogens is 560 g/mol. The summed E-state index contributed by atoms with van der Waals surface area (Å²) in [5.74, 6) is 2.05. The smallest absolute Gasteiger partial charge is 0.259 e. The molecule has 0 atom stereocenters. The van der Waals surface area contributed by atoms with Crippen LogP contribution >= 0.6 is 27.7 Å². The van der Waals surface area contributed by atoms with Crippen LogP contribution in [-0.4, -0.2) is 19.2 Å². The molecule has 7 rings (SSSR count). The third kappa shape index (κ3) is 3.96. The van der Waals surface area contributed by atoms with E-state index in [1.165, 1.54) is 17.5 Å². The van der Waals surface area contributed by atoms with Crippen LogP contribution in [-0.2, 0) is 24.1 Å². The van der Waals surface area contributed by atoms with Gasteiger partial charge in [0, 0.05) is 26.8 Å². The topological polar surface area (TPSA) is 65.3 Å². The molecule has 1 fully saturated rings. The Labute approximate surface area is 233 Å². The van der Waals surface area contributed by atoms with Crippen LogP contribution in [0, 0.1) is 0 Å². The zero-order valence-electron chi connectivity index (χ0n) is 20.9. The van der Waals surface area contributed by atoms with E-state index in [-0.39, 0.29) is 11.0 Å². The number of hydrogen-bond acceptors (Lipinski definition) is 5. The Morgan fingerprint density at radius 1 is 0.974 bits per heavy atom. The molecule has 0 bridgehead atoms. The number of furan rings is 1. The minimum Gasteiger partial charge on any atom is -0.467 e. The Balaban J connectivity index is 1.48. The molecule has 0 radical (unpaired) electrons. The first-order chi connectivity index (χ1) is 18.6. The highest BCUT2D eigenvalue weighted by atomic mass is 79.9. The van der Waals surface area contributed by atoms with Gasteiger partial charge in [-0.15, -0.1) is 10.2 Å². The standard InChI is InChI=1S/C30H27BrN4O2S/c31-22-12-10-20(11-13-22)19-38-29-33-32-28-34(18-23-8-6-16-37-23)27(36)25-26(35(28)29)24-9-3-2-7-21(24)17-30(25)14-4-1-5-15-30/h2-3,6-13,16H,1,4-5,14-15,17-19H2. The number of aromatic nitrogens is 4. The maximum Gasteiger partial charge on any atom is 0.259 e. The van der Waals surface area contributed by atoms with Crippen molar-refractivity contribution in [2.75, 3.05) is 0 Å². The summed E-state index contributed by atoms with van der Waals surface area (Å²) in [7, 11) is 0. The molecule has 1 saturated carbocycles. The van der Waals surface area contributed by atoms with E-state index in [1.807, 2.05) is 12.1 Å². The first-order valence-electron chi connectivity index (χ1n) is 13.1. The lowest BCUT2D eigenvalue weighted by atomic mass is 9.62. The molecule has 0 amide bonds. The fourth-order valence-electron chi connectivity index (χ4n) is 6.34. The predicted molar refractivity (Wildman–Crippen MR) is 153 cm³/mol. The molecule has 0 saturated heterocycles. The van der Waals surface area contributed by atoms with E-state index in [9.17, 15) is 4.79 Å². The van der Waals surface area contributed by atoms with Gasteiger partial charge in [-0.05, 0) is 54.7 Å². The number of nitrogens with zero attached hydrogens (tertiary/aromatic N) is 4. The molecule has 2 aliphatic rings. The Kier molecular flexibility index (Phi) is 6.04. The summed E-state index contributed by atoms with van der Waals surface area (Å²) in [6.07, 6.45) is 8.12. The number of thioether (sulfide) groups is 1. The van der Waals surface area contributed by atoms with Gasteiger partial charge in [0.25, 0.3) is 5.56 Å². The second-order valence-corrected chi connectivity index (χ2v) is 12.3. The van der Waals surface area contributed by atoms with Crippen LogP contribution in [0.3, 0.4) is 0 Å². The van der Waals surface area contributed by atoms with E-state index in [2.05, 4.69) is 79.1 Å². The van der Waals surface area contributed by atoms with Gasteiger partial charge in [0.05, 0.1) is 18.5 Å². The third-order valence-corrected chi connectivity index (χ3v) is 9.62. The van der Waals surface area contributed by atoms with E-state index in [1.54, 1.807) is 22.6 Å². The monoisotopic (exact) mass is 586 g/mol. The van der Waals surface area contributed by atoms with Gasteiger partial charge >= 0.3 is 0 Å². The SMILES string of the molecule is O=c1c2c(n3c(SCc4ccc(Br)cc4)nnc3n1Cc1ccco1)-c1ccccc1CC21CCCCC1. The fourth-order valence-corrected chi connectivity index (χ4v) is 7.49. The van der Waals surface area contributed by atoms with Crippen molar-refractivity contribution in [3.63, 3.8) is 0 Å². The van der Waals surface area contributed by atoms with Crippen molar-refractivity contribution in [2.24, 2.45) is 0 Å². The van der Waals surface area contributed by atoms with Gasteiger partial charge in [-0.3, -0.25) is 13.8 Å². The minimum atomic E-state index is -0.171. The number of fused-ring (bicyclic) bond motifs is 6. The lowest BCUT2D eigenvalue weighted by Gasteiger charge is -2.42. The Morgan fingerprint density at radius 2 is 1.79 bits per heavy atom. The molecule has 0 N–H and O–H groups in total. The zero-order chi connectivity index (χ0) is 25.7. The van der Waals surface area contributed by atoms with Crippen molar-refractivity contribution >= 4 is 33.5 Å². The summed E-state index contributed by atoms with van der Waals surface area (Å²) >= 11 is 5.18. The van der Waals surface area contributed by atoms with E-state index in [0.29, 0.717) is 12.3 Å². The summed E-state index contributed by atoms with van der Waals surface area (Å²) in [5.41, 5.74) is 5.41. The summed E-state index contributed by atoms with van der Waals surface area (Å²) < 4.78 is 10.7. The first-order valence-corrected chi connectivity index (χ1v) is 14.9. The summed E-state index contributed by atoms with van der Waals surface area (Å²) in [6.45, 7) is 0.329. The average Bonchev–Trinajstić information content (AvgIpc) is 3.61. The second-order valence-electron chi connectivity index (χ2n) is 10.4. The van der Waals surface area contributed by atoms with Crippen LogP contribution < -0.4 is 5.56 Å². The highest BCUT2D eigenvalue weighted by Gasteiger charge is 2.44. The van der Waals surface area contributed by atoms with E-state index < -0.39 is 0 Å². The van der Waals surface area contributed by atoms with Crippen molar-refractivity contribution in [2.45, 2.75) is 61.4 Å². The molecule has 2 aliphatic carbocycles. The largest absolute Gasteiger partial charge is 0.467 e. The molecule has 2 aromatic carbocycles. The molecular formula is C30H27BrN4O2S. The average molecular weight is 588 g/mol. The first kappa shape index (κ1) is 24.0. The third-order valence-electron chi connectivity index (χ3n) is 8.09. The van der Waals surface area contributed by atoms with Crippen LogP contribution in [0.25, 0.3) is 17.0 Å². The highest BCUT2D eigenvalue weighted by molar-refractivity contribution is 9.10. The van der Waals surface area contributed by atoms with E-state index >= 15 is 0 Å². The van der Waals surface area contributed by atoms with Gasteiger partial charge in [-0.25, -0.2) is 0 Å². The lowest BCUT2D eigenvalue weighted by Crippen LogP contribution is -2.43. The van der Waals surface area contributed by atoms with Crippen LogP contribution in [0.4, 0.5) is 0 Å². The molecule has 3 aromatic heterocycles. The van der Waals surface area contributed by atoms with Crippen LogP contribution in [0.2, 0.25) is 0 Å². The van der Waals surface area contributed by atoms with Crippen LogP contribution in [0.1, 0.15) is 54.6 Å². The molecule has 5 aromatic rings. The van der Waals surface area contributed by atoms with Crippen molar-refractivity contribution in [1.82, 2.24) is 19.2 Å². The van der Waals surface area contributed by atoms with E-state index in [4.69, 9.17) is 4.42 Å². The molecule has 1 spiro atoms. The molecule has 0 unspecified atom stereocenters. The Hall–Kier alpha value is -3.10. The second kappa shape index (κ2) is 9.58. The summed E-state index contributed by atoms with van der Waals surface area (Å²) in [6, 6.07) is 20.7. The van der Waals surface area contributed by atoms with Gasteiger partial charge < -0.3 is 4.42 Å². The number of benzene rings is 2. The predicted octanol–water partition coefficient (Wildman–Crippen LogP) is 7.01. The maximum atomic E-state index is 14.5. The number of halogens is 1. The summed E-state index contributed by atoms with van der Waals surface area (Å²) in [5, 5.41) is 10.1. The molecule has 3 heterocycles. The lowest BCUT2D eigenvalue weighted by molar-refractivity contribution is 0.283. The fraction of sp³-hybridized carbons (Fsp3) is 0.300.